The Balaban J connectivity index is 2.49. The van der Waals surface area contributed by atoms with E-state index in [1.54, 1.807) is 0 Å². The number of nitrogen functional groups attached to an aromatic ring is 1. The molecule has 106 valence electrons. The van der Waals surface area contributed by atoms with Crippen LogP contribution in [-0.2, 0) is 6.18 Å². The Morgan fingerprint density at radius 3 is 2.70 bits per heavy atom. The average Bonchev–Trinajstić information content (AvgIpc) is 2.36. The van der Waals surface area contributed by atoms with Crippen LogP contribution in [0.3, 0.4) is 0 Å². The number of anilines is 1. The third kappa shape index (κ3) is 2.93. The van der Waals surface area contributed by atoms with Crippen molar-refractivity contribution >= 4 is 21.6 Å². The lowest BCUT2D eigenvalue weighted by molar-refractivity contribution is -0.138. The molecule has 2 rings (SSSR count). The molecule has 20 heavy (non-hydrogen) atoms. The molecule has 1 aromatic carbocycles. The molecule has 0 aliphatic rings. The largest absolute Gasteiger partial charge is 0.437 e. The number of aromatic amines is 1. The van der Waals surface area contributed by atoms with E-state index in [0.29, 0.717) is 0 Å². The number of halogens is 4. The van der Waals surface area contributed by atoms with Gasteiger partial charge in [0.15, 0.2) is 0 Å². The fraction of sp³-hybridized carbons (Fsp3) is 0.0909. The van der Waals surface area contributed by atoms with Crippen LogP contribution in [0, 0.1) is 0 Å². The molecule has 0 atom stereocenters. The number of nitrogens with zero attached hydrogens (tertiary/aromatic N) is 1. The molecule has 0 fully saturated rings. The molecule has 0 unspecified atom stereocenters. The third-order valence-electron chi connectivity index (χ3n) is 2.28. The minimum atomic E-state index is -4.64. The van der Waals surface area contributed by atoms with Crippen LogP contribution in [0.15, 0.2) is 33.8 Å². The number of nitrogens with one attached hydrogen (secondary N) is 1. The topological polar surface area (TPSA) is 81.0 Å². The Hall–Kier alpha value is -2.03. The van der Waals surface area contributed by atoms with Gasteiger partial charge < -0.3 is 15.5 Å². The van der Waals surface area contributed by atoms with E-state index < -0.39 is 23.0 Å². The lowest BCUT2D eigenvalue weighted by atomic mass is 10.1. The lowest BCUT2D eigenvalue weighted by Crippen LogP contribution is -2.11. The van der Waals surface area contributed by atoms with Crippen LogP contribution in [-0.4, -0.2) is 9.97 Å². The van der Waals surface area contributed by atoms with Crippen LogP contribution >= 0.6 is 15.9 Å². The number of ether oxygens (including phenoxy) is 1. The number of H-pyrrole nitrogens is 1. The molecule has 0 aliphatic carbocycles. The van der Waals surface area contributed by atoms with Gasteiger partial charge in [0.25, 0.3) is 5.56 Å². The van der Waals surface area contributed by atoms with Gasteiger partial charge in [-0.3, -0.25) is 4.79 Å². The van der Waals surface area contributed by atoms with Crippen LogP contribution in [0.1, 0.15) is 5.56 Å². The number of hydrogen-bond donors (Lipinski definition) is 2. The molecule has 0 radical (unpaired) electrons. The molecule has 0 amide bonds. The zero-order valence-electron chi connectivity index (χ0n) is 9.66. The Morgan fingerprint density at radius 1 is 1.35 bits per heavy atom. The first kappa shape index (κ1) is 14.4. The summed E-state index contributed by atoms with van der Waals surface area (Å²) in [4.78, 5) is 17.2. The van der Waals surface area contributed by atoms with Gasteiger partial charge in [-0.05, 0) is 34.1 Å². The molecule has 1 aromatic heterocycles. The van der Waals surface area contributed by atoms with Gasteiger partial charge in [0, 0.05) is 5.69 Å². The van der Waals surface area contributed by atoms with E-state index in [4.69, 9.17) is 10.5 Å². The number of alkyl halides is 3. The van der Waals surface area contributed by atoms with Crippen LogP contribution < -0.4 is 16.0 Å². The van der Waals surface area contributed by atoms with Crippen LogP contribution in [0.4, 0.5) is 18.9 Å². The summed E-state index contributed by atoms with van der Waals surface area (Å²) in [5.74, 6) is -0.769. The molecule has 0 bridgehead atoms. The zero-order valence-corrected chi connectivity index (χ0v) is 11.2. The third-order valence-corrected chi connectivity index (χ3v) is 2.98. The van der Waals surface area contributed by atoms with E-state index in [0.717, 1.165) is 18.5 Å². The molecular weight excluding hydrogens is 343 g/mol. The summed E-state index contributed by atoms with van der Waals surface area (Å²) in [5, 5.41) is 0. The van der Waals surface area contributed by atoms with Crippen molar-refractivity contribution in [3.05, 3.63) is 44.9 Å². The normalized spacial score (nSPS) is 11.4. The highest BCUT2D eigenvalue weighted by Crippen LogP contribution is 2.39. The van der Waals surface area contributed by atoms with E-state index in [2.05, 4.69) is 25.9 Å². The number of rotatable bonds is 2. The van der Waals surface area contributed by atoms with Gasteiger partial charge in [-0.15, -0.1) is 0 Å². The summed E-state index contributed by atoms with van der Waals surface area (Å²) in [7, 11) is 0. The van der Waals surface area contributed by atoms with Gasteiger partial charge >= 0.3 is 6.18 Å². The standard InChI is InChI=1S/C11H7BrF3N3O2/c12-8-9(19)17-4-18-10(8)20-7-2-1-5(16)3-6(7)11(13,14)15/h1-4H,16H2,(H,17,18,19). The van der Waals surface area contributed by atoms with Crippen molar-refractivity contribution in [2.24, 2.45) is 0 Å². The monoisotopic (exact) mass is 349 g/mol. The summed E-state index contributed by atoms with van der Waals surface area (Å²) < 4.78 is 43.6. The first-order chi connectivity index (χ1) is 9.29. The van der Waals surface area contributed by atoms with Crippen molar-refractivity contribution in [3.8, 4) is 11.6 Å². The Morgan fingerprint density at radius 2 is 2.05 bits per heavy atom. The summed E-state index contributed by atoms with van der Waals surface area (Å²) in [6.07, 6.45) is -3.62. The van der Waals surface area contributed by atoms with Gasteiger partial charge in [-0.2, -0.15) is 13.2 Å². The van der Waals surface area contributed by atoms with Crippen LogP contribution in [0.5, 0.6) is 11.6 Å². The quantitative estimate of drug-likeness (QED) is 0.816. The summed E-state index contributed by atoms with van der Waals surface area (Å²) >= 11 is 2.89. The van der Waals surface area contributed by atoms with Gasteiger partial charge in [-0.1, -0.05) is 0 Å². The minimum Gasteiger partial charge on any atom is -0.437 e. The minimum absolute atomic E-state index is 0.0531. The molecule has 9 heteroatoms. The highest BCUT2D eigenvalue weighted by Gasteiger charge is 2.35. The first-order valence-electron chi connectivity index (χ1n) is 5.17. The number of nitrogens with two attached hydrogens (primary N) is 1. The van der Waals surface area contributed by atoms with Crippen molar-refractivity contribution in [1.29, 1.82) is 0 Å². The van der Waals surface area contributed by atoms with Crippen molar-refractivity contribution in [3.63, 3.8) is 0 Å². The fourth-order valence-corrected chi connectivity index (χ4v) is 1.70. The predicted octanol–water partition coefficient (Wildman–Crippen LogP) is 2.93. The van der Waals surface area contributed by atoms with E-state index in [-0.39, 0.29) is 16.0 Å². The van der Waals surface area contributed by atoms with Crippen LogP contribution in [0.25, 0.3) is 0 Å². The van der Waals surface area contributed by atoms with E-state index in [9.17, 15) is 18.0 Å². The Labute approximate surface area is 118 Å². The number of benzene rings is 1. The lowest BCUT2D eigenvalue weighted by Gasteiger charge is -2.14. The molecule has 1 heterocycles. The maximum absolute atomic E-state index is 12.9. The molecule has 3 N–H and O–H groups in total. The van der Waals surface area contributed by atoms with Crippen molar-refractivity contribution in [2.45, 2.75) is 6.18 Å². The molecule has 0 saturated carbocycles. The van der Waals surface area contributed by atoms with Crippen LogP contribution in [0.2, 0.25) is 0 Å². The maximum atomic E-state index is 12.9. The van der Waals surface area contributed by atoms with Gasteiger partial charge in [0.05, 0.1) is 6.33 Å². The van der Waals surface area contributed by atoms with E-state index in [1.807, 2.05) is 0 Å². The number of hydrogen-bond acceptors (Lipinski definition) is 4. The maximum Gasteiger partial charge on any atom is 0.420 e. The second-order valence-corrected chi connectivity index (χ2v) is 4.50. The smallest absolute Gasteiger partial charge is 0.420 e. The second kappa shape index (κ2) is 5.16. The average molecular weight is 350 g/mol. The summed E-state index contributed by atoms with van der Waals surface area (Å²) in [6, 6.07) is 3.07. The molecule has 2 aromatic rings. The molecule has 0 saturated heterocycles. The Bertz CT molecular complexity index is 700. The Kier molecular flexibility index (Phi) is 3.71. The fourth-order valence-electron chi connectivity index (χ4n) is 1.40. The first-order valence-corrected chi connectivity index (χ1v) is 5.96. The van der Waals surface area contributed by atoms with E-state index in [1.165, 1.54) is 6.07 Å². The molecule has 5 nitrogen and oxygen atoms in total. The predicted molar refractivity (Wildman–Crippen MR) is 68.5 cm³/mol. The zero-order chi connectivity index (χ0) is 14.9. The summed E-state index contributed by atoms with van der Waals surface area (Å²) in [6.45, 7) is 0. The number of aromatic nitrogens is 2. The second-order valence-electron chi connectivity index (χ2n) is 3.71. The van der Waals surface area contributed by atoms with Gasteiger partial charge in [0.2, 0.25) is 5.88 Å². The summed E-state index contributed by atoms with van der Waals surface area (Å²) in [5.41, 5.74) is 3.66. The van der Waals surface area contributed by atoms with Crippen molar-refractivity contribution in [1.82, 2.24) is 9.97 Å². The van der Waals surface area contributed by atoms with Crippen molar-refractivity contribution < 1.29 is 17.9 Å². The van der Waals surface area contributed by atoms with Crippen molar-refractivity contribution in [2.75, 3.05) is 5.73 Å². The SMILES string of the molecule is Nc1ccc(Oc2nc[nH]c(=O)c2Br)c(C(F)(F)F)c1. The van der Waals surface area contributed by atoms with Gasteiger partial charge in [0.1, 0.15) is 15.8 Å². The highest BCUT2D eigenvalue weighted by molar-refractivity contribution is 9.10. The highest BCUT2D eigenvalue weighted by atomic mass is 79.9. The van der Waals surface area contributed by atoms with E-state index >= 15 is 0 Å². The molecule has 0 aliphatic heterocycles. The molecular formula is C11H7BrF3N3O2. The van der Waals surface area contributed by atoms with Gasteiger partial charge in [-0.25, -0.2) is 4.98 Å². The molecule has 0 spiro atoms.